The van der Waals surface area contributed by atoms with Gasteiger partial charge in [0.15, 0.2) is 0 Å². The summed E-state index contributed by atoms with van der Waals surface area (Å²) in [5.41, 5.74) is 2.09. The van der Waals surface area contributed by atoms with E-state index in [2.05, 4.69) is 42.1 Å². The average molecular weight is 285 g/mol. The van der Waals surface area contributed by atoms with E-state index in [1.165, 1.54) is 0 Å². The Labute approximate surface area is 126 Å². The van der Waals surface area contributed by atoms with E-state index in [4.69, 9.17) is 4.74 Å². The van der Waals surface area contributed by atoms with Gasteiger partial charge in [0.2, 0.25) is 11.8 Å². The summed E-state index contributed by atoms with van der Waals surface area (Å²) in [6.45, 7) is 11.3. The van der Waals surface area contributed by atoms with Crippen LogP contribution in [-0.2, 0) is 5.41 Å². The largest absolute Gasteiger partial charge is 0.438 e. The summed E-state index contributed by atoms with van der Waals surface area (Å²) in [5.74, 6) is 2.03. The van der Waals surface area contributed by atoms with Gasteiger partial charge in [-0.05, 0) is 25.3 Å². The van der Waals surface area contributed by atoms with Crippen molar-refractivity contribution in [1.82, 2.24) is 9.97 Å². The third-order valence-electron chi connectivity index (χ3n) is 3.16. The number of aryl methyl sites for hydroxylation is 1. The number of ether oxygens (including phenoxy) is 1. The third kappa shape index (κ3) is 3.72. The fourth-order valence-corrected chi connectivity index (χ4v) is 2.05. The molecule has 2 aromatic rings. The molecule has 4 nitrogen and oxygen atoms in total. The molecular formula is C17H23N3O. The third-order valence-corrected chi connectivity index (χ3v) is 3.16. The van der Waals surface area contributed by atoms with Crippen molar-refractivity contribution in [3.05, 3.63) is 41.6 Å². The second-order valence-corrected chi connectivity index (χ2v) is 6.06. The molecule has 1 aromatic carbocycles. The molecular weight excluding hydrogens is 262 g/mol. The summed E-state index contributed by atoms with van der Waals surface area (Å²) in [6.07, 6.45) is 1.78. The Balaban J connectivity index is 2.36. The molecule has 1 aromatic heterocycles. The van der Waals surface area contributed by atoms with E-state index in [1.54, 1.807) is 6.20 Å². The molecule has 112 valence electrons. The minimum Gasteiger partial charge on any atom is -0.438 e. The molecule has 1 N–H and O–H groups in total. The fourth-order valence-electron chi connectivity index (χ4n) is 2.05. The summed E-state index contributed by atoms with van der Waals surface area (Å²) >= 11 is 0. The molecule has 0 saturated heterocycles. The second kappa shape index (κ2) is 6.12. The lowest BCUT2D eigenvalue weighted by molar-refractivity contribution is 0.436. The van der Waals surface area contributed by atoms with Gasteiger partial charge in [0, 0.05) is 23.9 Å². The maximum atomic E-state index is 6.06. The van der Waals surface area contributed by atoms with Crippen molar-refractivity contribution in [2.24, 2.45) is 0 Å². The van der Waals surface area contributed by atoms with Crippen LogP contribution in [-0.4, -0.2) is 16.5 Å². The number of rotatable bonds is 4. The number of nitrogens with zero attached hydrogens (tertiary/aromatic N) is 2. The monoisotopic (exact) mass is 285 g/mol. The molecule has 0 aliphatic rings. The van der Waals surface area contributed by atoms with E-state index >= 15 is 0 Å². The lowest BCUT2D eigenvalue weighted by Gasteiger charge is -2.22. The first-order chi connectivity index (χ1) is 9.91. The number of hydrogen-bond donors (Lipinski definition) is 1. The van der Waals surface area contributed by atoms with Gasteiger partial charge in [0.1, 0.15) is 5.75 Å². The molecule has 0 amide bonds. The molecule has 0 saturated carbocycles. The highest BCUT2D eigenvalue weighted by Crippen LogP contribution is 2.34. The Kier molecular flexibility index (Phi) is 4.46. The molecule has 0 bridgehead atoms. The van der Waals surface area contributed by atoms with Crippen molar-refractivity contribution in [1.29, 1.82) is 0 Å². The quantitative estimate of drug-likeness (QED) is 0.909. The summed E-state index contributed by atoms with van der Waals surface area (Å²) in [7, 11) is 0. The van der Waals surface area contributed by atoms with Crippen molar-refractivity contribution in [3.63, 3.8) is 0 Å². The number of anilines is 1. The van der Waals surface area contributed by atoms with Crippen molar-refractivity contribution < 1.29 is 4.74 Å². The maximum absolute atomic E-state index is 6.06. The zero-order valence-corrected chi connectivity index (χ0v) is 13.4. The Morgan fingerprint density at radius 1 is 1.19 bits per heavy atom. The first-order valence-electron chi connectivity index (χ1n) is 7.26. The van der Waals surface area contributed by atoms with Crippen LogP contribution in [0.25, 0.3) is 0 Å². The van der Waals surface area contributed by atoms with Crippen molar-refractivity contribution >= 4 is 5.95 Å². The van der Waals surface area contributed by atoms with Gasteiger partial charge in [0.05, 0.1) is 0 Å². The Morgan fingerprint density at radius 3 is 2.57 bits per heavy atom. The van der Waals surface area contributed by atoms with Crippen LogP contribution in [0.4, 0.5) is 5.95 Å². The number of para-hydroxylation sites is 1. The lowest BCUT2D eigenvalue weighted by Crippen LogP contribution is -2.12. The normalized spacial score (nSPS) is 11.3. The van der Waals surface area contributed by atoms with Crippen LogP contribution in [0.1, 0.15) is 38.8 Å². The van der Waals surface area contributed by atoms with Crippen molar-refractivity contribution in [2.75, 3.05) is 11.9 Å². The standard InChI is InChI=1S/C17H23N3O/c1-6-18-16-19-11-12(2)15(20-16)21-14-10-8-7-9-13(14)17(3,4)5/h7-11H,6H2,1-5H3,(H,18,19,20). The predicted octanol–water partition coefficient (Wildman–Crippen LogP) is 4.31. The van der Waals surface area contributed by atoms with Gasteiger partial charge in [-0.25, -0.2) is 4.98 Å². The van der Waals surface area contributed by atoms with Gasteiger partial charge in [-0.15, -0.1) is 0 Å². The smallest absolute Gasteiger partial charge is 0.226 e. The maximum Gasteiger partial charge on any atom is 0.226 e. The molecule has 2 rings (SSSR count). The molecule has 0 aliphatic carbocycles. The van der Waals surface area contributed by atoms with Crippen LogP contribution >= 0.6 is 0 Å². The van der Waals surface area contributed by atoms with Crippen LogP contribution in [0.2, 0.25) is 0 Å². The average Bonchev–Trinajstić information content (AvgIpc) is 2.42. The van der Waals surface area contributed by atoms with Crippen LogP contribution in [0.5, 0.6) is 11.6 Å². The number of nitrogens with one attached hydrogen (secondary N) is 1. The fraction of sp³-hybridized carbons (Fsp3) is 0.412. The van der Waals surface area contributed by atoms with E-state index in [0.717, 1.165) is 23.4 Å². The topological polar surface area (TPSA) is 47.0 Å². The summed E-state index contributed by atoms with van der Waals surface area (Å²) in [6, 6.07) is 8.09. The summed E-state index contributed by atoms with van der Waals surface area (Å²) < 4.78 is 6.06. The number of benzene rings is 1. The molecule has 0 spiro atoms. The van der Waals surface area contributed by atoms with E-state index in [-0.39, 0.29) is 5.41 Å². The van der Waals surface area contributed by atoms with Gasteiger partial charge >= 0.3 is 0 Å². The van der Waals surface area contributed by atoms with Crippen LogP contribution < -0.4 is 10.1 Å². The molecule has 0 unspecified atom stereocenters. The molecule has 0 fully saturated rings. The van der Waals surface area contributed by atoms with Gasteiger partial charge in [-0.3, -0.25) is 0 Å². The second-order valence-electron chi connectivity index (χ2n) is 6.06. The Hall–Kier alpha value is -2.10. The van der Waals surface area contributed by atoms with Gasteiger partial charge in [-0.2, -0.15) is 4.98 Å². The van der Waals surface area contributed by atoms with Crippen LogP contribution in [0.15, 0.2) is 30.5 Å². The van der Waals surface area contributed by atoms with E-state index in [9.17, 15) is 0 Å². The molecule has 0 radical (unpaired) electrons. The highest BCUT2D eigenvalue weighted by Gasteiger charge is 2.19. The van der Waals surface area contributed by atoms with E-state index in [1.807, 2.05) is 32.0 Å². The lowest BCUT2D eigenvalue weighted by atomic mass is 9.86. The van der Waals surface area contributed by atoms with Gasteiger partial charge in [0.25, 0.3) is 0 Å². The number of hydrogen-bond acceptors (Lipinski definition) is 4. The summed E-state index contributed by atoms with van der Waals surface area (Å²) in [4.78, 5) is 8.68. The van der Waals surface area contributed by atoms with Crippen molar-refractivity contribution in [3.8, 4) is 11.6 Å². The highest BCUT2D eigenvalue weighted by atomic mass is 16.5. The van der Waals surface area contributed by atoms with Gasteiger partial charge < -0.3 is 10.1 Å². The van der Waals surface area contributed by atoms with Crippen LogP contribution in [0, 0.1) is 6.92 Å². The summed E-state index contributed by atoms with van der Waals surface area (Å²) in [5, 5.41) is 3.10. The van der Waals surface area contributed by atoms with E-state index < -0.39 is 0 Å². The molecule has 21 heavy (non-hydrogen) atoms. The minimum absolute atomic E-state index is 0.0159. The zero-order chi connectivity index (χ0) is 15.5. The van der Waals surface area contributed by atoms with Gasteiger partial charge in [-0.1, -0.05) is 39.0 Å². The Morgan fingerprint density at radius 2 is 1.90 bits per heavy atom. The molecule has 4 heteroatoms. The molecule has 0 aliphatic heterocycles. The minimum atomic E-state index is 0.0159. The molecule has 0 atom stereocenters. The highest BCUT2D eigenvalue weighted by molar-refractivity contribution is 5.42. The van der Waals surface area contributed by atoms with E-state index in [0.29, 0.717) is 11.8 Å². The number of aromatic nitrogens is 2. The first kappa shape index (κ1) is 15.3. The molecule has 1 heterocycles. The first-order valence-corrected chi connectivity index (χ1v) is 7.26. The SMILES string of the molecule is CCNc1ncc(C)c(Oc2ccccc2C(C)(C)C)n1. The predicted molar refractivity (Wildman–Crippen MR) is 86.1 cm³/mol. The Bertz CT molecular complexity index is 618. The zero-order valence-electron chi connectivity index (χ0n) is 13.4. The van der Waals surface area contributed by atoms with Crippen molar-refractivity contribution in [2.45, 2.75) is 40.0 Å². The van der Waals surface area contributed by atoms with Crippen LogP contribution in [0.3, 0.4) is 0 Å².